The Morgan fingerprint density at radius 1 is 0.824 bits per heavy atom. The van der Waals surface area contributed by atoms with Crippen molar-refractivity contribution in [1.82, 2.24) is 16.0 Å². The van der Waals surface area contributed by atoms with E-state index in [4.69, 9.17) is 18.9 Å². The van der Waals surface area contributed by atoms with E-state index in [1.54, 1.807) is 13.8 Å². The van der Waals surface area contributed by atoms with Gasteiger partial charge in [0.1, 0.15) is 24.4 Å². The third kappa shape index (κ3) is 6.47. The molecule has 2 fully saturated rings. The van der Waals surface area contributed by atoms with Crippen molar-refractivity contribution in [2.45, 2.75) is 57.1 Å². The normalized spacial score (nSPS) is 25.5. The van der Waals surface area contributed by atoms with Gasteiger partial charge in [-0.3, -0.25) is 0 Å². The van der Waals surface area contributed by atoms with Gasteiger partial charge in [-0.2, -0.15) is 0 Å². The highest BCUT2D eigenvalue weighted by Gasteiger charge is 2.52. The van der Waals surface area contributed by atoms with E-state index in [1.165, 1.54) is 0 Å². The lowest BCUT2D eigenvalue weighted by Crippen LogP contribution is -2.47. The van der Waals surface area contributed by atoms with Crippen LogP contribution in [-0.4, -0.2) is 55.5 Å². The van der Waals surface area contributed by atoms with Crippen molar-refractivity contribution in [3.8, 4) is 0 Å². The number of rotatable bonds is 6. The van der Waals surface area contributed by atoms with Crippen LogP contribution in [0.5, 0.6) is 0 Å². The standard InChI is InChI=1S/C25H31N3O6/c1-25(2)33-21-19(31-23(29)27-13-17-9-5-3-6-10-17)15-26-16-20(22(21)34-25)32-24(30)28-14-18-11-7-4-8-12-18/h3-12,19-22,26H,13-16H2,1-2H3,(H,27,29)(H,28,30)/t19-,20-,21+,22+/m0/s1. The average molecular weight is 470 g/mol. The molecule has 2 aliphatic heterocycles. The molecular formula is C25H31N3O6. The van der Waals surface area contributed by atoms with Gasteiger partial charge in [-0.05, 0) is 25.0 Å². The summed E-state index contributed by atoms with van der Waals surface area (Å²) in [6.07, 6.45) is -3.55. The molecule has 4 atom stereocenters. The van der Waals surface area contributed by atoms with Crippen LogP contribution < -0.4 is 16.0 Å². The third-order valence-electron chi connectivity index (χ3n) is 5.66. The Morgan fingerprint density at radius 3 is 1.65 bits per heavy atom. The predicted molar refractivity (Wildman–Crippen MR) is 124 cm³/mol. The molecule has 2 saturated heterocycles. The van der Waals surface area contributed by atoms with Crippen LogP contribution in [0.1, 0.15) is 25.0 Å². The molecule has 0 bridgehead atoms. The fourth-order valence-electron chi connectivity index (χ4n) is 4.11. The smallest absolute Gasteiger partial charge is 0.407 e. The van der Waals surface area contributed by atoms with Gasteiger partial charge in [0, 0.05) is 26.2 Å². The topological polar surface area (TPSA) is 107 Å². The van der Waals surface area contributed by atoms with E-state index in [-0.39, 0.29) is 0 Å². The van der Waals surface area contributed by atoms with Crippen LogP contribution in [0.4, 0.5) is 9.59 Å². The summed E-state index contributed by atoms with van der Waals surface area (Å²) in [5.74, 6) is -0.906. The van der Waals surface area contributed by atoms with E-state index in [0.717, 1.165) is 11.1 Å². The summed E-state index contributed by atoms with van der Waals surface area (Å²) < 4.78 is 23.5. The first-order valence-electron chi connectivity index (χ1n) is 11.4. The van der Waals surface area contributed by atoms with Crippen molar-refractivity contribution >= 4 is 12.2 Å². The zero-order valence-electron chi connectivity index (χ0n) is 19.4. The summed E-state index contributed by atoms with van der Waals surface area (Å²) in [4.78, 5) is 24.9. The van der Waals surface area contributed by atoms with Crippen LogP contribution in [0.25, 0.3) is 0 Å². The molecule has 0 aliphatic carbocycles. The van der Waals surface area contributed by atoms with Gasteiger partial charge in [-0.1, -0.05) is 60.7 Å². The van der Waals surface area contributed by atoms with Crippen molar-refractivity contribution in [2.75, 3.05) is 13.1 Å². The summed E-state index contributed by atoms with van der Waals surface area (Å²) in [5, 5.41) is 8.72. The number of alkyl carbamates (subject to hydrolysis) is 2. The average Bonchev–Trinajstić information content (AvgIpc) is 3.09. The highest BCUT2D eigenvalue weighted by atomic mass is 16.8. The Bertz CT molecular complexity index is 880. The lowest BCUT2D eigenvalue weighted by Gasteiger charge is -2.26. The Labute approximate surface area is 199 Å². The zero-order valence-corrected chi connectivity index (χ0v) is 19.4. The molecule has 0 aromatic heterocycles. The number of benzene rings is 2. The van der Waals surface area contributed by atoms with Gasteiger partial charge in [0.15, 0.2) is 5.79 Å². The fraction of sp³-hybridized carbons (Fsp3) is 0.440. The molecule has 3 N–H and O–H groups in total. The van der Waals surface area contributed by atoms with Gasteiger partial charge in [0.05, 0.1) is 0 Å². The lowest BCUT2D eigenvalue weighted by atomic mass is 10.1. The Hall–Kier alpha value is -3.14. The monoisotopic (exact) mass is 469 g/mol. The number of hydrogen-bond acceptors (Lipinski definition) is 7. The Morgan fingerprint density at radius 2 is 1.24 bits per heavy atom. The van der Waals surface area contributed by atoms with Gasteiger partial charge < -0.3 is 34.9 Å². The van der Waals surface area contributed by atoms with Gasteiger partial charge >= 0.3 is 12.2 Å². The fourth-order valence-corrected chi connectivity index (χ4v) is 4.11. The van der Waals surface area contributed by atoms with E-state index >= 15 is 0 Å². The molecule has 0 radical (unpaired) electrons. The quantitative estimate of drug-likeness (QED) is 0.597. The number of nitrogens with one attached hydrogen (secondary N) is 3. The minimum absolute atomic E-state index is 0.338. The van der Waals surface area contributed by atoms with Crippen molar-refractivity contribution in [3.05, 3.63) is 71.8 Å². The van der Waals surface area contributed by atoms with Gasteiger partial charge in [0.25, 0.3) is 0 Å². The molecule has 34 heavy (non-hydrogen) atoms. The molecule has 2 amide bonds. The first kappa shape index (κ1) is 24.0. The zero-order chi connectivity index (χ0) is 24.0. The maximum atomic E-state index is 12.5. The minimum Gasteiger partial charge on any atom is -0.442 e. The van der Waals surface area contributed by atoms with Crippen molar-refractivity contribution in [3.63, 3.8) is 0 Å². The molecule has 0 unspecified atom stereocenters. The maximum Gasteiger partial charge on any atom is 0.407 e. The largest absolute Gasteiger partial charge is 0.442 e. The number of carbonyl (C=O) groups excluding carboxylic acids is 2. The van der Waals surface area contributed by atoms with Crippen LogP contribution in [0.3, 0.4) is 0 Å². The summed E-state index contributed by atoms with van der Waals surface area (Å²) >= 11 is 0. The van der Waals surface area contributed by atoms with E-state index in [1.807, 2.05) is 60.7 Å². The van der Waals surface area contributed by atoms with E-state index < -0.39 is 42.4 Å². The SMILES string of the molecule is CC1(C)O[C@H]2[C@H](O1)[C@@H](OC(=O)NCc1ccccc1)CNC[C@@H]2OC(=O)NCc1ccccc1. The van der Waals surface area contributed by atoms with Crippen LogP contribution >= 0.6 is 0 Å². The number of ether oxygens (including phenoxy) is 4. The van der Waals surface area contributed by atoms with Crippen molar-refractivity contribution < 1.29 is 28.5 Å². The number of amides is 2. The highest BCUT2D eigenvalue weighted by molar-refractivity contribution is 5.68. The third-order valence-corrected chi connectivity index (χ3v) is 5.66. The summed E-state index contributed by atoms with van der Waals surface area (Å²) in [5.41, 5.74) is 1.93. The van der Waals surface area contributed by atoms with Gasteiger partial charge in [-0.25, -0.2) is 9.59 Å². The van der Waals surface area contributed by atoms with Crippen LogP contribution in [-0.2, 0) is 32.0 Å². The van der Waals surface area contributed by atoms with Crippen molar-refractivity contribution in [1.29, 1.82) is 0 Å². The highest BCUT2D eigenvalue weighted by Crippen LogP contribution is 2.34. The summed E-state index contributed by atoms with van der Waals surface area (Å²) in [6.45, 7) is 4.95. The van der Waals surface area contributed by atoms with E-state index in [0.29, 0.717) is 26.2 Å². The molecule has 0 saturated carbocycles. The minimum atomic E-state index is -0.906. The molecule has 2 aliphatic rings. The first-order valence-corrected chi connectivity index (χ1v) is 11.4. The number of hydrogen-bond donors (Lipinski definition) is 3. The second-order valence-electron chi connectivity index (χ2n) is 8.79. The van der Waals surface area contributed by atoms with Crippen LogP contribution in [0, 0.1) is 0 Å². The lowest BCUT2D eigenvalue weighted by molar-refractivity contribution is -0.162. The van der Waals surface area contributed by atoms with Crippen LogP contribution in [0.15, 0.2) is 60.7 Å². The molecule has 0 spiro atoms. The molecule has 182 valence electrons. The molecule has 4 rings (SSSR count). The second kappa shape index (κ2) is 10.9. The van der Waals surface area contributed by atoms with Gasteiger partial charge in [-0.15, -0.1) is 0 Å². The molecular weight excluding hydrogens is 438 g/mol. The molecule has 9 heteroatoms. The molecule has 2 aromatic carbocycles. The Balaban J connectivity index is 1.35. The summed E-state index contributed by atoms with van der Waals surface area (Å²) in [6, 6.07) is 19.1. The molecule has 9 nitrogen and oxygen atoms in total. The maximum absolute atomic E-state index is 12.5. The predicted octanol–water partition coefficient (Wildman–Crippen LogP) is 2.70. The van der Waals surface area contributed by atoms with E-state index in [9.17, 15) is 9.59 Å². The Kier molecular flexibility index (Phi) is 7.66. The summed E-state index contributed by atoms with van der Waals surface area (Å²) in [7, 11) is 0. The second-order valence-corrected chi connectivity index (χ2v) is 8.79. The number of carbonyl (C=O) groups is 2. The van der Waals surface area contributed by atoms with E-state index in [2.05, 4.69) is 16.0 Å². The first-order chi connectivity index (χ1) is 16.4. The number of fused-ring (bicyclic) bond motifs is 1. The molecule has 2 aromatic rings. The van der Waals surface area contributed by atoms with Gasteiger partial charge in [0.2, 0.25) is 0 Å². The van der Waals surface area contributed by atoms with Crippen molar-refractivity contribution in [2.24, 2.45) is 0 Å². The molecule has 2 heterocycles. The van der Waals surface area contributed by atoms with Crippen LogP contribution in [0.2, 0.25) is 0 Å².